The maximum Gasteiger partial charge on any atom is 0.123 e. The molecule has 3 aromatic rings. The van der Waals surface area contributed by atoms with E-state index in [9.17, 15) is 4.39 Å². The van der Waals surface area contributed by atoms with Crippen molar-refractivity contribution in [2.24, 2.45) is 0 Å². The molecule has 0 radical (unpaired) electrons. The van der Waals surface area contributed by atoms with Gasteiger partial charge in [0.2, 0.25) is 0 Å². The Bertz CT molecular complexity index is 675. The van der Waals surface area contributed by atoms with Crippen LogP contribution < -0.4 is 0 Å². The van der Waals surface area contributed by atoms with Crippen molar-refractivity contribution in [2.45, 2.75) is 0 Å². The van der Waals surface area contributed by atoms with E-state index < -0.39 is 0 Å². The Balaban J connectivity index is 2.03. The zero-order chi connectivity index (χ0) is 13.1. The van der Waals surface area contributed by atoms with Crippen molar-refractivity contribution in [1.29, 1.82) is 0 Å². The summed E-state index contributed by atoms with van der Waals surface area (Å²) in [6, 6.07) is 20.4. The molecule has 0 aliphatic carbocycles. The van der Waals surface area contributed by atoms with E-state index in [0.717, 1.165) is 22.4 Å². The first-order chi connectivity index (χ1) is 9.33. The number of pyridine rings is 1. The molecular formula is C17H12FN. The molecule has 0 N–H and O–H groups in total. The van der Waals surface area contributed by atoms with Crippen LogP contribution >= 0.6 is 0 Å². The van der Waals surface area contributed by atoms with Crippen molar-refractivity contribution in [3.05, 3.63) is 78.7 Å². The lowest BCUT2D eigenvalue weighted by Gasteiger charge is -2.05. The Morgan fingerprint density at radius 2 is 1.47 bits per heavy atom. The molecule has 19 heavy (non-hydrogen) atoms. The number of halogens is 1. The number of rotatable bonds is 2. The van der Waals surface area contributed by atoms with Crippen LogP contribution in [0.2, 0.25) is 0 Å². The lowest BCUT2D eigenvalue weighted by atomic mass is 10.0. The molecule has 0 aliphatic rings. The summed E-state index contributed by atoms with van der Waals surface area (Å²) >= 11 is 0. The lowest BCUT2D eigenvalue weighted by molar-refractivity contribution is 0.628. The van der Waals surface area contributed by atoms with E-state index in [1.54, 1.807) is 18.3 Å². The molecule has 1 aromatic heterocycles. The number of hydrogen-bond acceptors (Lipinski definition) is 1. The maximum absolute atomic E-state index is 12.9. The minimum absolute atomic E-state index is 0.218. The fourth-order valence-corrected chi connectivity index (χ4v) is 2.03. The second-order valence-corrected chi connectivity index (χ2v) is 4.30. The highest BCUT2D eigenvalue weighted by Crippen LogP contribution is 2.25. The first-order valence-electron chi connectivity index (χ1n) is 6.10. The molecule has 0 saturated heterocycles. The van der Waals surface area contributed by atoms with Crippen LogP contribution in [0.1, 0.15) is 0 Å². The van der Waals surface area contributed by atoms with Gasteiger partial charge in [-0.3, -0.25) is 4.98 Å². The fraction of sp³-hybridized carbons (Fsp3) is 0. The standard InChI is InChI=1S/C17H12FN/c18-16-9-7-13(8-10-16)14-4-3-5-15(12-14)17-6-1-2-11-19-17/h1-12H. The topological polar surface area (TPSA) is 12.9 Å². The quantitative estimate of drug-likeness (QED) is 0.649. The summed E-state index contributed by atoms with van der Waals surface area (Å²) < 4.78 is 12.9. The summed E-state index contributed by atoms with van der Waals surface area (Å²) in [5.74, 6) is -0.218. The highest BCUT2D eigenvalue weighted by Gasteiger charge is 2.02. The summed E-state index contributed by atoms with van der Waals surface area (Å²) in [5, 5.41) is 0. The van der Waals surface area contributed by atoms with Gasteiger partial charge in [-0.2, -0.15) is 0 Å². The maximum atomic E-state index is 12.9. The first kappa shape index (κ1) is 11.6. The summed E-state index contributed by atoms with van der Waals surface area (Å²) in [4.78, 5) is 4.34. The van der Waals surface area contributed by atoms with Crippen LogP contribution in [0, 0.1) is 5.82 Å². The van der Waals surface area contributed by atoms with Crippen molar-refractivity contribution in [1.82, 2.24) is 4.98 Å². The first-order valence-corrected chi connectivity index (χ1v) is 6.10. The molecule has 0 saturated carbocycles. The Morgan fingerprint density at radius 1 is 0.684 bits per heavy atom. The Hall–Kier alpha value is -2.48. The molecule has 0 atom stereocenters. The van der Waals surface area contributed by atoms with Crippen molar-refractivity contribution in [3.63, 3.8) is 0 Å². The third-order valence-corrected chi connectivity index (χ3v) is 3.00. The van der Waals surface area contributed by atoms with Crippen LogP contribution in [-0.4, -0.2) is 4.98 Å². The van der Waals surface area contributed by atoms with Crippen molar-refractivity contribution in [3.8, 4) is 22.4 Å². The predicted octanol–water partition coefficient (Wildman–Crippen LogP) is 4.55. The van der Waals surface area contributed by atoms with Crippen LogP contribution in [0.5, 0.6) is 0 Å². The molecule has 0 unspecified atom stereocenters. The monoisotopic (exact) mass is 249 g/mol. The number of nitrogens with zero attached hydrogens (tertiary/aromatic N) is 1. The van der Waals surface area contributed by atoms with E-state index in [1.807, 2.05) is 36.4 Å². The van der Waals surface area contributed by atoms with E-state index in [0.29, 0.717) is 0 Å². The van der Waals surface area contributed by atoms with Gasteiger partial charge in [0.05, 0.1) is 5.69 Å². The molecule has 2 heteroatoms. The largest absolute Gasteiger partial charge is 0.256 e. The average Bonchev–Trinajstić information content (AvgIpc) is 2.49. The number of hydrogen-bond donors (Lipinski definition) is 0. The second-order valence-electron chi connectivity index (χ2n) is 4.30. The van der Waals surface area contributed by atoms with Crippen LogP contribution in [-0.2, 0) is 0 Å². The Kier molecular flexibility index (Phi) is 3.07. The van der Waals surface area contributed by atoms with Gasteiger partial charge < -0.3 is 0 Å². The summed E-state index contributed by atoms with van der Waals surface area (Å²) in [7, 11) is 0. The molecule has 1 nitrogen and oxygen atoms in total. The highest BCUT2D eigenvalue weighted by molar-refractivity contribution is 5.71. The van der Waals surface area contributed by atoms with Gasteiger partial charge in [0, 0.05) is 11.8 Å². The molecule has 0 amide bonds. The van der Waals surface area contributed by atoms with Gasteiger partial charge in [0.25, 0.3) is 0 Å². The van der Waals surface area contributed by atoms with E-state index in [2.05, 4.69) is 11.1 Å². The fourth-order valence-electron chi connectivity index (χ4n) is 2.03. The molecule has 1 heterocycles. The van der Waals surface area contributed by atoms with E-state index >= 15 is 0 Å². The van der Waals surface area contributed by atoms with Gasteiger partial charge in [-0.15, -0.1) is 0 Å². The molecule has 0 aliphatic heterocycles. The van der Waals surface area contributed by atoms with E-state index in [1.165, 1.54) is 12.1 Å². The molecule has 92 valence electrons. The van der Waals surface area contributed by atoms with Gasteiger partial charge >= 0.3 is 0 Å². The third-order valence-electron chi connectivity index (χ3n) is 3.00. The van der Waals surface area contributed by atoms with Gasteiger partial charge in [-0.25, -0.2) is 4.39 Å². The zero-order valence-corrected chi connectivity index (χ0v) is 10.3. The minimum atomic E-state index is -0.218. The normalized spacial score (nSPS) is 10.4. The van der Waals surface area contributed by atoms with Gasteiger partial charge in [-0.1, -0.05) is 36.4 Å². The SMILES string of the molecule is Fc1ccc(-c2cccc(-c3ccccn3)c2)cc1. The van der Waals surface area contributed by atoms with Gasteiger partial charge in [0.1, 0.15) is 5.82 Å². The van der Waals surface area contributed by atoms with Gasteiger partial charge in [-0.05, 0) is 41.5 Å². The predicted molar refractivity (Wildman–Crippen MR) is 75.1 cm³/mol. The third kappa shape index (κ3) is 2.52. The average molecular weight is 249 g/mol. The van der Waals surface area contributed by atoms with E-state index in [4.69, 9.17) is 0 Å². The van der Waals surface area contributed by atoms with Gasteiger partial charge in [0.15, 0.2) is 0 Å². The zero-order valence-electron chi connectivity index (χ0n) is 10.3. The number of aromatic nitrogens is 1. The van der Waals surface area contributed by atoms with E-state index in [-0.39, 0.29) is 5.82 Å². The highest BCUT2D eigenvalue weighted by atomic mass is 19.1. The van der Waals surface area contributed by atoms with Crippen LogP contribution in [0.3, 0.4) is 0 Å². The van der Waals surface area contributed by atoms with Crippen molar-refractivity contribution < 1.29 is 4.39 Å². The minimum Gasteiger partial charge on any atom is -0.256 e. The molecule has 0 spiro atoms. The van der Waals surface area contributed by atoms with Crippen LogP contribution in [0.25, 0.3) is 22.4 Å². The summed E-state index contributed by atoms with van der Waals surface area (Å²) in [5.41, 5.74) is 4.05. The summed E-state index contributed by atoms with van der Waals surface area (Å²) in [6.45, 7) is 0. The molecule has 3 rings (SSSR count). The number of benzene rings is 2. The van der Waals surface area contributed by atoms with Crippen molar-refractivity contribution >= 4 is 0 Å². The molecule has 0 bridgehead atoms. The Labute approximate surface area is 111 Å². The molecule has 0 fully saturated rings. The Morgan fingerprint density at radius 3 is 2.21 bits per heavy atom. The lowest BCUT2D eigenvalue weighted by Crippen LogP contribution is -1.84. The molecule has 2 aromatic carbocycles. The second kappa shape index (κ2) is 5.02. The van der Waals surface area contributed by atoms with Crippen LogP contribution in [0.15, 0.2) is 72.9 Å². The van der Waals surface area contributed by atoms with Crippen molar-refractivity contribution in [2.75, 3.05) is 0 Å². The van der Waals surface area contributed by atoms with Crippen LogP contribution in [0.4, 0.5) is 4.39 Å². The summed E-state index contributed by atoms with van der Waals surface area (Å²) in [6.07, 6.45) is 1.78. The smallest absolute Gasteiger partial charge is 0.123 e. The molecular weight excluding hydrogens is 237 g/mol.